The molecule has 1 saturated carbocycles. The maximum absolute atomic E-state index is 14.7. The minimum absolute atomic E-state index is 0.0299. The Labute approximate surface area is 259 Å². The number of thioether (sulfide) groups is 1. The van der Waals surface area contributed by atoms with Crippen molar-refractivity contribution in [3.8, 4) is 5.75 Å². The first-order valence-electron chi connectivity index (χ1n) is 16.2. The first-order chi connectivity index (χ1) is 20.8. The van der Waals surface area contributed by atoms with E-state index < -0.39 is 27.4 Å². The van der Waals surface area contributed by atoms with Crippen LogP contribution in [0, 0.1) is 11.8 Å². The summed E-state index contributed by atoms with van der Waals surface area (Å²) in [4.78, 5) is 49.5. The molecule has 1 aliphatic carbocycles. The van der Waals surface area contributed by atoms with Crippen molar-refractivity contribution < 1.29 is 24.2 Å². The summed E-state index contributed by atoms with van der Waals surface area (Å²) in [5.41, 5.74) is 0.770. The number of benzene rings is 1. The molecule has 1 aromatic carbocycles. The molecule has 8 nitrogen and oxygen atoms in total. The Bertz CT molecular complexity index is 1280. The van der Waals surface area contributed by atoms with Gasteiger partial charge in [0.15, 0.2) is 0 Å². The van der Waals surface area contributed by atoms with Gasteiger partial charge in [-0.25, -0.2) is 0 Å². The molecule has 0 aromatic heterocycles. The highest BCUT2D eigenvalue weighted by atomic mass is 32.2. The molecule has 4 aliphatic heterocycles. The van der Waals surface area contributed by atoms with Crippen LogP contribution >= 0.6 is 11.8 Å². The second-order valence-electron chi connectivity index (χ2n) is 12.8. The zero-order valence-electron chi connectivity index (χ0n) is 25.5. The van der Waals surface area contributed by atoms with Gasteiger partial charge >= 0.3 is 0 Å². The Morgan fingerprint density at radius 2 is 1.65 bits per heavy atom. The van der Waals surface area contributed by atoms with Crippen LogP contribution in [-0.2, 0) is 14.4 Å². The third kappa shape index (κ3) is 5.20. The van der Waals surface area contributed by atoms with Gasteiger partial charge in [-0.05, 0) is 70.2 Å². The van der Waals surface area contributed by atoms with E-state index in [0.717, 1.165) is 43.5 Å². The number of nitrogens with zero attached hydrogens (tertiary/aromatic N) is 3. The number of amides is 3. The number of hydrogen-bond donors (Lipinski definition) is 1. The number of aliphatic hydroxyl groups excluding tert-OH is 1. The highest BCUT2D eigenvalue weighted by molar-refractivity contribution is 8.02. The maximum atomic E-state index is 14.7. The third-order valence-corrected chi connectivity index (χ3v) is 11.9. The topological polar surface area (TPSA) is 90.4 Å². The van der Waals surface area contributed by atoms with Crippen LogP contribution in [0.3, 0.4) is 0 Å². The number of aliphatic hydroxyl groups is 1. The summed E-state index contributed by atoms with van der Waals surface area (Å²) in [6.07, 6.45) is 16.0. The zero-order valence-corrected chi connectivity index (χ0v) is 26.3. The fourth-order valence-electron chi connectivity index (χ4n) is 8.19. The molecule has 1 aromatic rings. The van der Waals surface area contributed by atoms with Crippen LogP contribution in [0.15, 0.2) is 48.6 Å². The normalized spacial score (nSPS) is 32.5. The van der Waals surface area contributed by atoms with Gasteiger partial charge in [0.2, 0.25) is 17.7 Å². The van der Waals surface area contributed by atoms with Gasteiger partial charge in [0.25, 0.3) is 0 Å². The van der Waals surface area contributed by atoms with E-state index in [-0.39, 0.29) is 30.4 Å². The molecule has 6 rings (SSSR count). The Morgan fingerprint density at radius 1 is 0.907 bits per heavy atom. The van der Waals surface area contributed by atoms with E-state index in [2.05, 4.69) is 25.2 Å². The van der Waals surface area contributed by atoms with Crippen LogP contribution in [-0.4, -0.2) is 87.1 Å². The minimum atomic E-state index is -0.824. The van der Waals surface area contributed by atoms with Crippen LogP contribution in [0.25, 0.3) is 0 Å². The average Bonchev–Trinajstić information content (AvgIpc) is 3.27. The number of carbonyl (C=O) groups excluding carboxylic acids is 3. The van der Waals surface area contributed by atoms with Gasteiger partial charge in [0.1, 0.15) is 11.8 Å². The molecule has 1 unspecified atom stereocenters. The van der Waals surface area contributed by atoms with Crippen molar-refractivity contribution in [1.29, 1.82) is 0 Å². The first kappa shape index (κ1) is 30.3. The largest absolute Gasteiger partial charge is 0.494 e. The third-order valence-electron chi connectivity index (χ3n) is 10.1. The number of carbonyl (C=O) groups is 3. The fraction of sp³-hybridized carbons (Fsp3) is 0.618. The van der Waals surface area contributed by atoms with Gasteiger partial charge < -0.3 is 24.5 Å². The highest BCUT2D eigenvalue weighted by Crippen LogP contribution is 2.65. The first-order valence-corrected chi connectivity index (χ1v) is 17.0. The van der Waals surface area contributed by atoms with Gasteiger partial charge in [-0.2, -0.15) is 0 Å². The number of rotatable bonds is 9. The molecule has 9 heteroatoms. The highest BCUT2D eigenvalue weighted by Gasteiger charge is 2.74. The molecule has 43 heavy (non-hydrogen) atoms. The molecule has 1 N–H and O–H groups in total. The summed E-state index contributed by atoms with van der Waals surface area (Å²) in [6.45, 7) is 6.11. The second kappa shape index (κ2) is 12.3. The molecule has 232 valence electrons. The lowest BCUT2D eigenvalue weighted by molar-refractivity contribution is -0.144. The zero-order chi connectivity index (χ0) is 30.2. The molecule has 3 amide bonds. The van der Waals surface area contributed by atoms with Gasteiger partial charge in [-0.3, -0.25) is 14.4 Å². The summed E-state index contributed by atoms with van der Waals surface area (Å²) in [5.74, 6) is -0.637. The molecule has 5 aliphatic rings. The Morgan fingerprint density at radius 3 is 2.37 bits per heavy atom. The average molecular weight is 608 g/mol. The SMILES string of the molecule is CCOc1ccc(N2CC=C[C@]3(C)S[C@]45C=CCN(C6CCCCC6)C(=O)C4N(CCCCCO)C(=O)[C@@H]5[C@@H]3C2=O)cc1. The monoisotopic (exact) mass is 607 g/mol. The van der Waals surface area contributed by atoms with E-state index in [4.69, 9.17) is 4.74 Å². The number of anilines is 1. The molecular weight excluding hydrogens is 562 g/mol. The fourth-order valence-corrected chi connectivity index (χ4v) is 10.3. The van der Waals surface area contributed by atoms with Crippen molar-refractivity contribution in [2.75, 3.05) is 37.7 Å². The molecule has 4 heterocycles. The predicted molar refractivity (Wildman–Crippen MR) is 169 cm³/mol. The maximum Gasteiger partial charge on any atom is 0.247 e. The van der Waals surface area contributed by atoms with Gasteiger partial charge in [0, 0.05) is 42.7 Å². The summed E-state index contributed by atoms with van der Waals surface area (Å²) in [6, 6.07) is 7.11. The molecule has 0 radical (unpaired) electrons. The minimum Gasteiger partial charge on any atom is -0.494 e. The number of hydrogen-bond acceptors (Lipinski definition) is 6. The quantitative estimate of drug-likeness (QED) is 0.327. The van der Waals surface area contributed by atoms with E-state index >= 15 is 0 Å². The van der Waals surface area contributed by atoms with Gasteiger partial charge in [0.05, 0.1) is 23.2 Å². The van der Waals surface area contributed by atoms with Crippen LogP contribution < -0.4 is 9.64 Å². The number of unbranched alkanes of at least 4 members (excludes halogenated alkanes) is 2. The van der Waals surface area contributed by atoms with E-state index in [1.54, 1.807) is 16.7 Å². The number of ether oxygens (including phenoxy) is 1. The lowest BCUT2D eigenvalue weighted by atomic mass is 9.74. The molecule has 3 fully saturated rings. The lowest BCUT2D eigenvalue weighted by Crippen LogP contribution is -2.55. The smallest absolute Gasteiger partial charge is 0.247 e. The van der Waals surface area contributed by atoms with Crippen LogP contribution in [0.4, 0.5) is 5.69 Å². The van der Waals surface area contributed by atoms with Crippen molar-refractivity contribution in [3.05, 3.63) is 48.6 Å². The van der Waals surface area contributed by atoms with Crippen LogP contribution in [0.2, 0.25) is 0 Å². The summed E-state index contributed by atoms with van der Waals surface area (Å²) < 4.78 is 4.16. The molecule has 1 spiro atoms. The van der Waals surface area contributed by atoms with E-state index in [9.17, 15) is 19.5 Å². The van der Waals surface area contributed by atoms with Crippen molar-refractivity contribution in [2.45, 2.75) is 86.8 Å². The predicted octanol–water partition coefficient (Wildman–Crippen LogP) is 4.57. The second-order valence-corrected chi connectivity index (χ2v) is 14.6. The molecule has 5 atom stereocenters. The van der Waals surface area contributed by atoms with E-state index in [1.165, 1.54) is 6.42 Å². The molecule has 2 saturated heterocycles. The summed E-state index contributed by atoms with van der Waals surface area (Å²) in [7, 11) is 0. The van der Waals surface area contributed by atoms with E-state index in [0.29, 0.717) is 39.1 Å². The number of likely N-dealkylation sites (tertiary alicyclic amines) is 1. The van der Waals surface area contributed by atoms with Crippen molar-refractivity contribution in [1.82, 2.24) is 9.80 Å². The molecule has 0 bridgehead atoms. The molecular formula is C34H45N3O5S. The van der Waals surface area contributed by atoms with Crippen LogP contribution in [0.5, 0.6) is 5.75 Å². The summed E-state index contributed by atoms with van der Waals surface area (Å²) >= 11 is 1.65. The standard InChI is InChI=1S/C34H45N3O5S/c1-3-42-26-16-14-25(15-17-26)35-21-10-18-33(2)27(30(35)39)28-31(40)37(20-8-5-9-23-38)29-32(41)36(24-12-6-4-7-13-24)22-11-19-34(28,29)43-33/h10-11,14-19,24,27-29,38H,3-9,12-13,20-23H2,1-2H3/t27-,28+,29?,33+,34+/m1/s1. The lowest BCUT2D eigenvalue weighted by Gasteiger charge is -2.40. The Kier molecular flexibility index (Phi) is 8.66. The summed E-state index contributed by atoms with van der Waals surface area (Å²) in [5, 5.41) is 9.35. The van der Waals surface area contributed by atoms with Gasteiger partial charge in [-0.15, -0.1) is 11.8 Å². The van der Waals surface area contributed by atoms with Gasteiger partial charge in [-0.1, -0.05) is 43.6 Å². The van der Waals surface area contributed by atoms with Crippen molar-refractivity contribution >= 4 is 35.2 Å². The Hall–Kier alpha value is -2.78. The number of fused-ring (bicyclic) bond motifs is 2. The van der Waals surface area contributed by atoms with Crippen molar-refractivity contribution in [2.24, 2.45) is 11.8 Å². The van der Waals surface area contributed by atoms with Crippen molar-refractivity contribution in [3.63, 3.8) is 0 Å². The van der Waals surface area contributed by atoms with E-state index in [1.807, 2.05) is 47.1 Å². The Balaban J connectivity index is 1.38. The van der Waals surface area contributed by atoms with Crippen LogP contribution in [0.1, 0.15) is 65.2 Å².